The largest absolute Gasteiger partial charge is 0.494 e. The number of hydrogen-bond donors (Lipinski definition) is 1. The minimum Gasteiger partial charge on any atom is -0.494 e. The lowest BCUT2D eigenvalue weighted by Crippen LogP contribution is -1.97. The molecule has 0 radical (unpaired) electrons. The summed E-state index contributed by atoms with van der Waals surface area (Å²) in [6, 6.07) is 11.0. The van der Waals surface area contributed by atoms with Crippen molar-refractivity contribution in [2.45, 2.75) is 19.8 Å². The standard InChI is InChI=1S/C15H16O4/c1-2-9-18-12-5-3-11(4-6-12)14-8-7-13(19-14)10-15(16)17/h3-8H,2,9-10H2,1H3,(H,16,17). The van der Waals surface area contributed by atoms with Crippen LogP contribution in [0.5, 0.6) is 5.75 Å². The Morgan fingerprint density at radius 3 is 2.58 bits per heavy atom. The van der Waals surface area contributed by atoms with Gasteiger partial charge in [0.25, 0.3) is 0 Å². The first-order chi connectivity index (χ1) is 9.19. The fourth-order valence-electron chi connectivity index (χ4n) is 1.71. The minimum atomic E-state index is -0.899. The molecule has 1 aromatic heterocycles. The summed E-state index contributed by atoms with van der Waals surface area (Å²) in [7, 11) is 0. The molecule has 2 rings (SSSR count). The van der Waals surface area contributed by atoms with Gasteiger partial charge in [-0.1, -0.05) is 6.92 Å². The van der Waals surface area contributed by atoms with Crippen LogP contribution >= 0.6 is 0 Å². The van der Waals surface area contributed by atoms with Crippen molar-refractivity contribution in [3.63, 3.8) is 0 Å². The number of rotatable bonds is 6. The Labute approximate surface area is 111 Å². The highest BCUT2D eigenvalue weighted by Crippen LogP contribution is 2.24. The first kappa shape index (κ1) is 13.2. The zero-order valence-electron chi connectivity index (χ0n) is 10.8. The SMILES string of the molecule is CCCOc1ccc(-c2ccc(CC(=O)O)o2)cc1. The lowest BCUT2D eigenvalue weighted by Gasteiger charge is -2.04. The molecular weight excluding hydrogens is 244 g/mol. The van der Waals surface area contributed by atoms with E-state index < -0.39 is 5.97 Å². The van der Waals surface area contributed by atoms with E-state index in [-0.39, 0.29) is 6.42 Å². The van der Waals surface area contributed by atoms with Gasteiger partial charge in [-0.15, -0.1) is 0 Å². The van der Waals surface area contributed by atoms with Crippen LogP contribution in [-0.2, 0) is 11.2 Å². The number of furan rings is 1. The molecule has 0 fully saturated rings. The molecule has 100 valence electrons. The molecule has 4 nitrogen and oxygen atoms in total. The first-order valence-electron chi connectivity index (χ1n) is 6.23. The fraction of sp³-hybridized carbons (Fsp3) is 0.267. The van der Waals surface area contributed by atoms with Gasteiger partial charge in [0.05, 0.1) is 6.61 Å². The van der Waals surface area contributed by atoms with Gasteiger partial charge in [-0.05, 0) is 42.8 Å². The quantitative estimate of drug-likeness (QED) is 0.865. The third kappa shape index (κ3) is 3.61. The lowest BCUT2D eigenvalue weighted by atomic mass is 10.2. The summed E-state index contributed by atoms with van der Waals surface area (Å²) in [5, 5.41) is 8.69. The highest BCUT2D eigenvalue weighted by atomic mass is 16.5. The molecule has 0 spiro atoms. The van der Waals surface area contributed by atoms with Crippen molar-refractivity contribution in [1.29, 1.82) is 0 Å². The van der Waals surface area contributed by atoms with Gasteiger partial charge in [0.1, 0.15) is 23.7 Å². The van der Waals surface area contributed by atoms with Gasteiger partial charge < -0.3 is 14.3 Å². The maximum absolute atomic E-state index is 10.6. The van der Waals surface area contributed by atoms with Gasteiger partial charge in [0.2, 0.25) is 0 Å². The summed E-state index contributed by atoms with van der Waals surface area (Å²) < 4.78 is 11.0. The van der Waals surface area contributed by atoms with Gasteiger partial charge in [0.15, 0.2) is 0 Å². The van der Waals surface area contributed by atoms with Crippen molar-refractivity contribution in [3.05, 3.63) is 42.2 Å². The number of carboxylic acid groups (broad SMARTS) is 1. The minimum absolute atomic E-state index is 0.0995. The highest BCUT2D eigenvalue weighted by Gasteiger charge is 2.08. The van der Waals surface area contributed by atoms with Crippen molar-refractivity contribution >= 4 is 5.97 Å². The highest BCUT2D eigenvalue weighted by molar-refractivity contribution is 5.70. The third-order valence-corrected chi connectivity index (χ3v) is 2.60. The van der Waals surface area contributed by atoms with E-state index in [1.54, 1.807) is 12.1 Å². The Kier molecular flexibility index (Phi) is 4.23. The number of carboxylic acids is 1. The van der Waals surface area contributed by atoms with E-state index in [2.05, 4.69) is 6.92 Å². The van der Waals surface area contributed by atoms with Crippen LogP contribution in [-0.4, -0.2) is 17.7 Å². The third-order valence-electron chi connectivity index (χ3n) is 2.60. The van der Waals surface area contributed by atoms with Crippen LogP contribution in [0.25, 0.3) is 11.3 Å². The molecule has 4 heteroatoms. The Morgan fingerprint density at radius 2 is 1.95 bits per heavy atom. The van der Waals surface area contributed by atoms with E-state index in [1.807, 2.05) is 24.3 Å². The molecule has 2 aromatic rings. The number of ether oxygens (including phenoxy) is 1. The Morgan fingerprint density at radius 1 is 1.21 bits per heavy atom. The van der Waals surface area contributed by atoms with Crippen LogP contribution < -0.4 is 4.74 Å². The maximum atomic E-state index is 10.6. The predicted molar refractivity (Wildman–Crippen MR) is 71.3 cm³/mol. The van der Waals surface area contributed by atoms with Crippen molar-refractivity contribution in [2.75, 3.05) is 6.61 Å². The molecule has 0 aliphatic carbocycles. The van der Waals surface area contributed by atoms with Crippen LogP contribution in [0, 0.1) is 0 Å². The second-order valence-electron chi connectivity index (χ2n) is 4.21. The Hall–Kier alpha value is -2.23. The van der Waals surface area contributed by atoms with Crippen LogP contribution in [0.1, 0.15) is 19.1 Å². The molecular formula is C15H16O4. The Balaban J connectivity index is 2.09. The molecule has 0 unspecified atom stereocenters. The molecule has 1 N–H and O–H groups in total. The fourth-order valence-corrected chi connectivity index (χ4v) is 1.71. The summed E-state index contributed by atoms with van der Waals surface area (Å²) in [6.07, 6.45) is 0.871. The van der Waals surface area contributed by atoms with Gasteiger partial charge in [0, 0.05) is 5.56 Å². The monoisotopic (exact) mass is 260 g/mol. The summed E-state index contributed by atoms with van der Waals surface area (Å²) in [6.45, 7) is 2.75. The van der Waals surface area contributed by atoms with Crippen LogP contribution in [0.4, 0.5) is 0 Å². The molecule has 0 aliphatic rings. The second kappa shape index (κ2) is 6.09. The topological polar surface area (TPSA) is 59.7 Å². The molecule has 0 saturated carbocycles. The average Bonchev–Trinajstić information content (AvgIpc) is 2.84. The molecule has 19 heavy (non-hydrogen) atoms. The summed E-state index contributed by atoms with van der Waals surface area (Å²) in [5.74, 6) is 1.04. The summed E-state index contributed by atoms with van der Waals surface area (Å²) in [4.78, 5) is 10.6. The normalized spacial score (nSPS) is 10.4. The van der Waals surface area contributed by atoms with E-state index in [0.29, 0.717) is 18.1 Å². The van der Waals surface area contributed by atoms with E-state index in [9.17, 15) is 4.79 Å². The maximum Gasteiger partial charge on any atom is 0.311 e. The van der Waals surface area contributed by atoms with Crippen molar-refractivity contribution in [2.24, 2.45) is 0 Å². The van der Waals surface area contributed by atoms with Crippen LogP contribution in [0.2, 0.25) is 0 Å². The number of hydrogen-bond acceptors (Lipinski definition) is 3. The lowest BCUT2D eigenvalue weighted by molar-refractivity contribution is -0.136. The van der Waals surface area contributed by atoms with Gasteiger partial charge in [-0.2, -0.15) is 0 Å². The van der Waals surface area contributed by atoms with Crippen LogP contribution in [0.3, 0.4) is 0 Å². The smallest absolute Gasteiger partial charge is 0.311 e. The number of aliphatic carboxylic acids is 1. The molecule has 0 aliphatic heterocycles. The van der Waals surface area contributed by atoms with Gasteiger partial charge in [-0.25, -0.2) is 0 Å². The molecule has 1 heterocycles. The predicted octanol–water partition coefficient (Wildman–Crippen LogP) is 3.36. The zero-order valence-corrected chi connectivity index (χ0v) is 10.8. The van der Waals surface area contributed by atoms with E-state index >= 15 is 0 Å². The number of carbonyl (C=O) groups is 1. The van der Waals surface area contributed by atoms with E-state index in [4.69, 9.17) is 14.3 Å². The Bertz CT molecular complexity index is 540. The van der Waals surface area contributed by atoms with Crippen molar-refractivity contribution < 1.29 is 19.1 Å². The molecule has 0 amide bonds. The average molecular weight is 260 g/mol. The van der Waals surface area contributed by atoms with E-state index in [0.717, 1.165) is 17.7 Å². The summed E-state index contributed by atoms with van der Waals surface area (Å²) >= 11 is 0. The van der Waals surface area contributed by atoms with Crippen molar-refractivity contribution in [3.8, 4) is 17.1 Å². The van der Waals surface area contributed by atoms with Crippen LogP contribution in [0.15, 0.2) is 40.8 Å². The van der Waals surface area contributed by atoms with E-state index in [1.165, 1.54) is 0 Å². The number of benzene rings is 1. The molecule has 0 saturated heterocycles. The second-order valence-corrected chi connectivity index (χ2v) is 4.21. The summed E-state index contributed by atoms with van der Waals surface area (Å²) in [5.41, 5.74) is 0.903. The molecule has 1 aromatic carbocycles. The zero-order chi connectivity index (χ0) is 13.7. The van der Waals surface area contributed by atoms with Crippen molar-refractivity contribution in [1.82, 2.24) is 0 Å². The van der Waals surface area contributed by atoms with Gasteiger partial charge in [-0.3, -0.25) is 4.79 Å². The molecule has 0 atom stereocenters. The first-order valence-corrected chi connectivity index (χ1v) is 6.23. The molecule has 0 bridgehead atoms. The van der Waals surface area contributed by atoms with Gasteiger partial charge >= 0.3 is 5.97 Å².